The molecule has 1 fully saturated rings. The van der Waals surface area contributed by atoms with E-state index in [0.717, 1.165) is 13.1 Å². The summed E-state index contributed by atoms with van der Waals surface area (Å²) in [4.78, 5) is 0. The average molecular weight is 95.1 g/mol. The molecule has 31 valence electrons. The monoisotopic (exact) mass is 95.1 g/mol. The molecule has 6 heavy (non-hydrogen) atoms. The molecule has 1 radical (unpaired) electrons. The van der Waals surface area contributed by atoms with Gasteiger partial charge in [-0.05, 0) is 6.42 Å². The van der Waals surface area contributed by atoms with Crippen LogP contribution in [0.3, 0.4) is 0 Å². The molecule has 0 aromatic heterocycles. The van der Waals surface area contributed by atoms with Crippen molar-refractivity contribution in [3.8, 4) is 0 Å². The summed E-state index contributed by atoms with van der Waals surface area (Å²) in [5.41, 5.74) is 5.94. The van der Waals surface area contributed by atoms with Crippen LogP contribution in [0.2, 0.25) is 0 Å². The van der Waals surface area contributed by atoms with Crippen molar-refractivity contribution in [3.05, 3.63) is 0 Å². The van der Waals surface area contributed by atoms with Crippen LogP contribution in [0.25, 0.3) is 0 Å². The van der Waals surface area contributed by atoms with Crippen molar-refractivity contribution in [1.29, 1.82) is 0 Å². The average Bonchev–Trinajstić information content (AvgIpc) is 1.76. The van der Waals surface area contributed by atoms with Gasteiger partial charge in [0.15, 0.2) is 0 Å². The first kappa shape index (κ1) is 6.92. The molecule has 1 heterocycles. The van der Waals surface area contributed by atoms with Crippen molar-refractivity contribution in [2.45, 2.75) is 6.42 Å². The minimum Gasteiger partial charge on any atom is -0.258 e. The Morgan fingerprint density at radius 2 is 1.50 bits per heavy atom. The molecular weight excluding hydrogens is 87.0 g/mol. The standard InChI is InChI=1S/C3H8N2.Na/c1-2-4-5-3-1;/h4-5H,1-3H2;. The van der Waals surface area contributed by atoms with Gasteiger partial charge in [0.1, 0.15) is 0 Å². The zero-order chi connectivity index (χ0) is 3.54. The Hall–Kier alpha value is 0.920. The Labute approximate surface area is 59.9 Å². The summed E-state index contributed by atoms with van der Waals surface area (Å²) in [5, 5.41) is 0. The van der Waals surface area contributed by atoms with E-state index >= 15 is 0 Å². The Morgan fingerprint density at radius 3 is 1.67 bits per heavy atom. The van der Waals surface area contributed by atoms with Crippen LogP contribution in [0.1, 0.15) is 6.42 Å². The Kier molecular flexibility index (Phi) is 4.72. The molecule has 2 N–H and O–H groups in total. The van der Waals surface area contributed by atoms with Crippen molar-refractivity contribution >= 4 is 29.6 Å². The summed E-state index contributed by atoms with van der Waals surface area (Å²) in [6.07, 6.45) is 1.28. The van der Waals surface area contributed by atoms with Gasteiger partial charge in [-0.1, -0.05) is 0 Å². The van der Waals surface area contributed by atoms with E-state index < -0.39 is 0 Å². The van der Waals surface area contributed by atoms with Crippen molar-refractivity contribution in [2.24, 2.45) is 0 Å². The summed E-state index contributed by atoms with van der Waals surface area (Å²) in [6, 6.07) is 0. The maximum Gasteiger partial charge on any atom is 0.0112 e. The number of rotatable bonds is 0. The summed E-state index contributed by atoms with van der Waals surface area (Å²) >= 11 is 0. The topological polar surface area (TPSA) is 24.1 Å². The minimum atomic E-state index is 0. The van der Waals surface area contributed by atoms with E-state index in [1.807, 2.05) is 0 Å². The molecule has 3 heteroatoms. The van der Waals surface area contributed by atoms with Crippen LogP contribution >= 0.6 is 0 Å². The smallest absolute Gasteiger partial charge is 0.0112 e. The molecule has 0 aromatic rings. The van der Waals surface area contributed by atoms with Crippen LogP contribution in [0, 0.1) is 0 Å². The fourth-order valence-electron chi connectivity index (χ4n) is 0.442. The van der Waals surface area contributed by atoms with Gasteiger partial charge in [-0.3, -0.25) is 10.9 Å². The van der Waals surface area contributed by atoms with E-state index in [2.05, 4.69) is 10.9 Å². The van der Waals surface area contributed by atoms with E-state index in [-0.39, 0.29) is 29.6 Å². The van der Waals surface area contributed by atoms with Crippen molar-refractivity contribution < 1.29 is 0 Å². The summed E-state index contributed by atoms with van der Waals surface area (Å²) in [7, 11) is 0. The van der Waals surface area contributed by atoms with E-state index in [1.165, 1.54) is 6.42 Å². The molecule has 0 amide bonds. The van der Waals surface area contributed by atoms with Gasteiger partial charge in [-0.15, -0.1) is 0 Å². The summed E-state index contributed by atoms with van der Waals surface area (Å²) in [5.74, 6) is 0. The molecule has 1 aliphatic rings. The van der Waals surface area contributed by atoms with Crippen molar-refractivity contribution in [2.75, 3.05) is 13.1 Å². The fourth-order valence-corrected chi connectivity index (χ4v) is 0.442. The first-order valence-corrected chi connectivity index (χ1v) is 1.96. The van der Waals surface area contributed by atoms with Crippen LogP contribution in [-0.2, 0) is 0 Å². The van der Waals surface area contributed by atoms with Gasteiger partial charge >= 0.3 is 0 Å². The summed E-state index contributed by atoms with van der Waals surface area (Å²) < 4.78 is 0. The van der Waals surface area contributed by atoms with E-state index in [1.54, 1.807) is 0 Å². The molecule has 0 unspecified atom stereocenters. The second-order valence-electron chi connectivity index (χ2n) is 1.21. The largest absolute Gasteiger partial charge is 0.258 e. The molecular formula is C3H8N2Na. The van der Waals surface area contributed by atoms with Gasteiger partial charge in [0.2, 0.25) is 0 Å². The molecule has 1 saturated heterocycles. The molecule has 1 aliphatic heterocycles. The van der Waals surface area contributed by atoms with Crippen molar-refractivity contribution in [3.63, 3.8) is 0 Å². The number of hydrazine groups is 1. The third kappa shape index (κ3) is 2.16. The minimum absolute atomic E-state index is 0. The zero-order valence-electron chi connectivity index (χ0n) is 4.12. The van der Waals surface area contributed by atoms with Crippen LogP contribution in [0.5, 0.6) is 0 Å². The molecule has 0 spiro atoms. The number of nitrogens with one attached hydrogen (secondary N) is 2. The Balaban J connectivity index is 0.000000250. The van der Waals surface area contributed by atoms with Gasteiger partial charge in [0.05, 0.1) is 0 Å². The zero-order valence-corrected chi connectivity index (χ0v) is 6.12. The molecule has 1 rings (SSSR count). The first-order chi connectivity index (χ1) is 2.50. The van der Waals surface area contributed by atoms with Gasteiger partial charge in [0, 0.05) is 42.6 Å². The van der Waals surface area contributed by atoms with Gasteiger partial charge < -0.3 is 0 Å². The molecule has 0 aliphatic carbocycles. The third-order valence-corrected chi connectivity index (χ3v) is 0.729. The number of hydrogen-bond donors (Lipinski definition) is 2. The van der Waals surface area contributed by atoms with Crippen LogP contribution in [0.15, 0.2) is 0 Å². The maximum atomic E-state index is 2.97. The van der Waals surface area contributed by atoms with E-state index in [4.69, 9.17) is 0 Å². The van der Waals surface area contributed by atoms with Gasteiger partial charge in [-0.25, -0.2) is 0 Å². The molecule has 0 bridgehead atoms. The predicted molar refractivity (Wildman–Crippen MR) is 26.4 cm³/mol. The quantitative estimate of drug-likeness (QED) is 0.381. The fraction of sp³-hybridized carbons (Fsp3) is 1.00. The normalized spacial score (nSPS) is 20.0. The van der Waals surface area contributed by atoms with Crippen LogP contribution in [0.4, 0.5) is 0 Å². The number of hydrogen-bond acceptors (Lipinski definition) is 2. The van der Waals surface area contributed by atoms with Crippen LogP contribution < -0.4 is 10.9 Å². The molecule has 0 atom stereocenters. The van der Waals surface area contributed by atoms with E-state index in [9.17, 15) is 0 Å². The Bertz CT molecular complexity index is 20.4. The third-order valence-electron chi connectivity index (χ3n) is 0.729. The van der Waals surface area contributed by atoms with Crippen molar-refractivity contribution in [1.82, 2.24) is 10.9 Å². The predicted octanol–water partition coefficient (Wildman–Crippen LogP) is -0.897. The van der Waals surface area contributed by atoms with E-state index in [0.29, 0.717) is 0 Å². The molecule has 2 nitrogen and oxygen atoms in total. The maximum absolute atomic E-state index is 2.97. The Morgan fingerprint density at radius 1 is 1.00 bits per heavy atom. The van der Waals surface area contributed by atoms with Gasteiger partial charge in [-0.2, -0.15) is 0 Å². The second-order valence-corrected chi connectivity index (χ2v) is 1.21. The molecule has 0 aromatic carbocycles. The second kappa shape index (κ2) is 4.09. The van der Waals surface area contributed by atoms with Gasteiger partial charge in [0.25, 0.3) is 0 Å². The summed E-state index contributed by atoms with van der Waals surface area (Å²) in [6.45, 7) is 2.28. The SMILES string of the molecule is C1CNNC1.[Na]. The first-order valence-electron chi connectivity index (χ1n) is 1.96. The van der Waals surface area contributed by atoms with Crippen LogP contribution in [-0.4, -0.2) is 42.6 Å². The molecule has 0 saturated carbocycles.